The lowest BCUT2D eigenvalue weighted by Gasteiger charge is -2.19. The second kappa shape index (κ2) is 7.47. The second-order valence-electron chi connectivity index (χ2n) is 6.62. The van der Waals surface area contributed by atoms with Crippen molar-refractivity contribution in [1.82, 2.24) is 30.8 Å². The molecule has 0 amide bonds. The van der Waals surface area contributed by atoms with Crippen LogP contribution in [0.3, 0.4) is 0 Å². The zero-order chi connectivity index (χ0) is 22.4. The summed E-state index contributed by atoms with van der Waals surface area (Å²) in [6.07, 6.45) is 1.78. The highest BCUT2D eigenvalue weighted by Gasteiger charge is 2.33. The summed E-state index contributed by atoms with van der Waals surface area (Å²) in [6, 6.07) is 6.42. The smallest absolute Gasteiger partial charge is 0.240 e. The lowest BCUT2D eigenvalue weighted by atomic mass is 9.91. The number of nitrogens with zero attached hydrogens (tertiary/aromatic N) is 4. The number of H-pyrrole nitrogens is 2. The molecule has 0 aliphatic heterocycles. The summed E-state index contributed by atoms with van der Waals surface area (Å²) >= 11 is 0. The number of benzene rings is 2. The summed E-state index contributed by atoms with van der Waals surface area (Å²) in [6.45, 7) is 0.135. The molecule has 2 aromatic carbocycles. The van der Waals surface area contributed by atoms with Crippen molar-refractivity contribution in [2.24, 2.45) is 16.0 Å². The standard InChI is InChI=1S/C16H17N9O4S2/c17-5-4-8-6-11(30(18,26)27)15(31(19,28)29)13(16-22-24-25-23-16)12(8)10-3-1-2-9-7-20-21-14(9)10/h1-3,6-7H,4-5,17H2,(H,20,21)(H2,18,26,27)(H2,19,28,29)(H,22,23,24,25). The summed E-state index contributed by atoms with van der Waals surface area (Å²) < 4.78 is 49.9. The highest BCUT2D eigenvalue weighted by molar-refractivity contribution is 7.92. The summed E-state index contributed by atoms with van der Waals surface area (Å²) in [5.74, 6) is -0.181. The van der Waals surface area contributed by atoms with E-state index in [0.717, 1.165) is 11.5 Å². The fourth-order valence-corrected chi connectivity index (χ4v) is 5.69. The third-order valence-electron chi connectivity index (χ3n) is 4.65. The maximum atomic E-state index is 12.6. The molecule has 13 nitrogen and oxygen atoms in total. The third kappa shape index (κ3) is 3.68. The van der Waals surface area contributed by atoms with Crippen LogP contribution in [0.15, 0.2) is 40.3 Å². The molecule has 4 aromatic rings. The number of fused-ring (bicyclic) bond motifs is 1. The van der Waals surface area contributed by atoms with Gasteiger partial charge in [0.2, 0.25) is 25.9 Å². The van der Waals surface area contributed by atoms with Crippen LogP contribution >= 0.6 is 0 Å². The van der Waals surface area contributed by atoms with E-state index < -0.39 is 29.8 Å². The molecule has 31 heavy (non-hydrogen) atoms. The normalized spacial score (nSPS) is 12.5. The molecule has 2 heterocycles. The number of sulfonamides is 2. The average Bonchev–Trinajstić information content (AvgIpc) is 3.37. The Hall–Kier alpha value is -3.24. The van der Waals surface area contributed by atoms with E-state index in [1.165, 1.54) is 0 Å². The number of nitrogens with two attached hydrogens (primary N) is 3. The molecular weight excluding hydrogens is 446 g/mol. The summed E-state index contributed by atoms with van der Waals surface area (Å²) in [4.78, 5) is -1.41. The van der Waals surface area contributed by atoms with Crippen molar-refractivity contribution in [3.8, 4) is 22.5 Å². The first-order valence-electron chi connectivity index (χ1n) is 8.74. The van der Waals surface area contributed by atoms with E-state index >= 15 is 0 Å². The molecule has 4 rings (SSSR count). The topological polar surface area (TPSA) is 229 Å². The number of rotatable bonds is 6. The molecule has 8 N–H and O–H groups in total. The largest absolute Gasteiger partial charge is 0.330 e. The molecule has 0 aliphatic rings. The molecule has 0 unspecified atom stereocenters. The Bertz CT molecular complexity index is 1490. The van der Waals surface area contributed by atoms with E-state index in [2.05, 4.69) is 30.8 Å². The van der Waals surface area contributed by atoms with Crippen molar-refractivity contribution in [3.63, 3.8) is 0 Å². The summed E-state index contributed by atoms with van der Waals surface area (Å²) in [5, 5.41) is 31.9. The molecule has 0 radical (unpaired) electrons. The minimum absolute atomic E-state index is 0.135. The van der Waals surface area contributed by atoms with Crippen molar-refractivity contribution >= 4 is 30.9 Å². The summed E-state index contributed by atoms with van der Waals surface area (Å²) in [7, 11) is -9.12. The van der Waals surface area contributed by atoms with E-state index in [-0.39, 0.29) is 24.4 Å². The van der Waals surface area contributed by atoms with Gasteiger partial charge in [-0.05, 0) is 35.4 Å². The number of nitrogens with one attached hydrogen (secondary N) is 2. The molecule has 0 aliphatic carbocycles. The third-order valence-corrected chi connectivity index (χ3v) is 6.70. The number of hydrogen-bond donors (Lipinski definition) is 5. The van der Waals surface area contributed by atoms with Gasteiger partial charge in [-0.25, -0.2) is 27.1 Å². The lowest BCUT2D eigenvalue weighted by Crippen LogP contribution is -2.23. The van der Waals surface area contributed by atoms with Crippen molar-refractivity contribution in [2.75, 3.05) is 6.54 Å². The molecule has 15 heteroatoms. The van der Waals surface area contributed by atoms with Crippen molar-refractivity contribution < 1.29 is 16.8 Å². The van der Waals surface area contributed by atoms with Crippen LogP contribution in [0, 0.1) is 0 Å². The molecule has 0 spiro atoms. The monoisotopic (exact) mass is 463 g/mol. The maximum absolute atomic E-state index is 12.6. The van der Waals surface area contributed by atoms with E-state index in [4.69, 9.17) is 16.0 Å². The van der Waals surface area contributed by atoms with Crippen LogP contribution in [0.2, 0.25) is 0 Å². The Morgan fingerprint density at radius 3 is 2.42 bits per heavy atom. The van der Waals surface area contributed by atoms with E-state index in [9.17, 15) is 16.8 Å². The van der Waals surface area contributed by atoms with Crippen LogP contribution < -0.4 is 16.0 Å². The first-order chi connectivity index (χ1) is 14.6. The van der Waals surface area contributed by atoms with E-state index in [1.54, 1.807) is 24.4 Å². The van der Waals surface area contributed by atoms with Crippen LogP contribution in [0.5, 0.6) is 0 Å². The van der Waals surface area contributed by atoms with Gasteiger partial charge in [0.15, 0.2) is 0 Å². The number of aromatic nitrogens is 6. The predicted octanol–water partition coefficient (Wildman–Crippen LogP) is -0.794. The SMILES string of the molecule is NCCc1cc(S(N)(=O)=O)c(S(N)(=O)=O)c(-c2nn[nH]n2)c1-c1cccc2cn[nH]c12. The highest BCUT2D eigenvalue weighted by atomic mass is 32.2. The second-order valence-corrected chi connectivity index (χ2v) is 9.64. The maximum Gasteiger partial charge on any atom is 0.240 e. The first-order valence-corrected chi connectivity index (χ1v) is 11.8. The fourth-order valence-electron chi connectivity index (χ4n) is 3.51. The molecule has 2 aromatic heterocycles. The minimum atomic E-state index is -4.61. The Morgan fingerprint density at radius 1 is 1.03 bits per heavy atom. The Labute approximate surface area is 176 Å². The molecule has 162 valence electrons. The van der Waals surface area contributed by atoms with Crippen molar-refractivity contribution in [1.29, 1.82) is 0 Å². The van der Waals surface area contributed by atoms with Gasteiger partial charge in [-0.3, -0.25) is 5.10 Å². The Balaban J connectivity index is 2.30. The average molecular weight is 464 g/mol. The summed E-state index contributed by atoms with van der Waals surface area (Å²) in [5.41, 5.74) is 7.42. The molecule has 0 bridgehead atoms. The quantitative estimate of drug-likeness (QED) is 0.241. The molecular formula is C16H17N9O4S2. The van der Waals surface area contributed by atoms with E-state index in [0.29, 0.717) is 22.2 Å². The van der Waals surface area contributed by atoms with Gasteiger partial charge in [0.05, 0.1) is 17.3 Å². The zero-order valence-electron chi connectivity index (χ0n) is 15.8. The van der Waals surface area contributed by atoms with Crippen LogP contribution in [0.25, 0.3) is 33.4 Å². The number of tetrazole rings is 1. The van der Waals surface area contributed by atoms with Gasteiger partial charge in [-0.15, -0.1) is 10.2 Å². The van der Waals surface area contributed by atoms with Gasteiger partial charge in [0.25, 0.3) is 0 Å². The van der Waals surface area contributed by atoms with Gasteiger partial charge in [0, 0.05) is 10.9 Å². The van der Waals surface area contributed by atoms with Gasteiger partial charge >= 0.3 is 0 Å². The number of aromatic amines is 2. The van der Waals surface area contributed by atoms with Gasteiger partial charge in [-0.1, -0.05) is 18.2 Å². The minimum Gasteiger partial charge on any atom is -0.330 e. The highest BCUT2D eigenvalue weighted by Crippen LogP contribution is 2.43. The molecule has 0 saturated carbocycles. The van der Waals surface area contributed by atoms with Crippen LogP contribution in [0.1, 0.15) is 5.56 Å². The van der Waals surface area contributed by atoms with Crippen LogP contribution in [-0.2, 0) is 26.5 Å². The number of hydrogen-bond acceptors (Lipinski definition) is 9. The van der Waals surface area contributed by atoms with Gasteiger partial charge in [-0.2, -0.15) is 10.3 Å². The molecule has 0 atom stereocenters. The number of para-hydroxylation sites is 1. The first kappa shape index (κ1) is 21.0. The molecule has 0 fully saturated rings. The van der Waals surface area contributed by atoms with E-state index in [1.807, 2.05) is 0 Å². The van der Waals surface area contributed by atoms with Gasteiger partial charge in [0.1, 0.15) is 9.79 Å². The Kier molecular flexibility index (Phi) is 5.06. The number of primary sulfonamides is 2. The molecule has 0 saturated heterocycles. The Morgan fingerprint density at radius 2 is 1.81 bits per heavy atom. The van der Waals surface area contributed by atoms with Crippen molar-refractivity contribution in [3.05, 3.63) is 36.0 Å². The predicted molar refractivity (Wildman–Crippen MR) is 110 cm³/mol. The lowest BCUT2D eigenvalue weighted by molar-refractivity contribution is 0.584. The van der Waals surface area contributed by atoms with Crippen molar-refractivity contribution in [2.45, 2.75) is 16.2 Å². The van der Waals surface area contributed by atoms with Gasteiger partial charge < -0.3 is 5.73 Å². The van der Waals surface area contributed by atoms with Crippen LogP contribution in [0.4, 0.5) is 0 Å². The van der Waals surface area contributed by atoms with Crippen LogP contribution in [-0.4, -0.2) is 54.2 Å². The fraction of sp³-hybridized carbons (Fsp3) is 0.125. The zero-order valence-corrected chi connectivity index (χ0v) is 17.4.